The van der Waals surface area contributed by atoms with Crippen LogP contribution in [-0.4, -0.2) is 27.2 Å². The molecule has 0 fully saturated rings. The van der Waals surface area contributed by atoms with Crippen molar-refractivity contribution in [3.8, 4) is 11.8 Å². The monoisotopic (exact) mass is 269 g/mol. The van der Waals surface area contributed by atoms with Crippen LogP contribution in [0.1, 0.15) is 21.7 Å². The molecule has 0 unspecified atom stereocenters. The Labute approximate surface area is 117 Å². The lowest BCUT2D eigenvalue weighted by Gasteiger charge is -2.05. The lowest BCUT2D eigenvalue weighted by molar-refractivity contribution is 0.0945. The molecule has 0 radical (unpaired) electrons. The van der Waals surface area contributed by atoms with Gasteiger partial charge < -0.3 is 11.1 Å². The molecule has 2 aromatic heterocycles. The van der Waals surface area contributed by atoms with Crippen molar-refractivity contribution < 1.29 is 4.79 Å². The van der Waals surface area contributed by atoms with Crippen LogP contribution in [0, 0.1) is 11.8 Å². The zero-order valence-electron chi connectivity index (χ0n) is 11.1. The number of nitrogens with zero attached hydrogens (tertiary/aromatic N) is 3. The lowest BCUT2D eigenvalue weighted by atomic mass is 10.2. The Morgan fingerprint density at radius 1 is 1.45 bits per heavy atom. The first kappa shape index (κ1) is 13.8. The van der Waals surface area contributed by atoms with Gasteiger partial charge >= 0.3 is 0 Å². The van der Waals surface area contributed by atoms with Crippen LogP contribution < -0.4 is 11.1 Å². The molecule has 2 heterocycles. The van der Waals surface area contributed by atoms with Gasteiger partial charge in [-0.2, -0.15) is 5.10 Å². The van der Waals surface area contributed by atoms with Crippen molar-refractivity contribution in [1.82, 2.24) is 20.1 Å². The van der Waals surface area contributed by atoms with Crippen molar-refractivity contribution in [2.45, 2.75) is 6.54 Å². The van der Waals surface area contributed by atoms with Gasteiger partial charge in [0.2, 0.25) is 0 Å². The standard InChI is InChI=1S/C14H15N5O/c1-19-12(6-8-18-19)10-17-14(20)13-5-4-11(9-16-13)3-2-7-15/h4-6,8-9H,7,10,15H2,1H3,(H,17,20). The molecule has 0 spiro atoms. The molecule has 0 aliphatic heterocycles. The molecule has 6 heteroatoms. The summed E-state index contributed by atoms with van der Waals surface area (Å²) in [6.07, 6.45) is 3.24. The number of carbonyl (C=O) groups excluding carboxylic acids is 1. The molecule has 0 saturated heterocycles. The summed E-state index contributed by atoms with van der Waals surface area (Å²) in [6.45, 7) is 0.707. The summed E-state index contributed by atoms with van der Waals surface area (Å²) in [5, 5.41) is 6.82. The Kier molecular flexibility index (Phi) is 4.47. The highest BCUT2D eigenvalue weighted by molar-refractivity contribution is 5.92. The average Bonchev–Trinajstić information content (AvgIpc) is 2.88. The summed E-state index contributed by atoms with van der Waals surface area (Å²) >= 11 is 0. The summed E-state index contributed by atoms with van der Waals surface area (Å²) in [4.78, 5) is 16.0. The molecule has 0 aliphatic carbocycles. The van der Waals surface area contributed by atoms with E-state index in [1.54, 1.807) is 29.2 Å². The zero-order valence-corrected chi connectivity index (χ0v) is 11.1. The fourth-order valence-electron chi connectivity index (χ4n) is 1.59. The van der Waals surface area contributed by atoms with E-state index in [0.717, 1.165) is 11.3 Å². The summed E-state index contributed by atoms with van der Waals surface area (Å²) < 4.78 is 1.71. The first-order valence-electron chi connectivity index (χ1n) is 6.11. The number of nitrogens with one attached hydrogen (secondary N) is 1. The molecule has 2 rings (SSSR count). The maximum absolute atomic E-state index is 11.9. The highest BCUT2D eigenvalue weighted by Gasteiger charge is 2.07. The minimum atomic E-state index is -0.232. The van der Waals surface area contributed by atoms with E-state index in [9.17, 15) is 4.79 Å². The number of carbonyl (C=O) groups is 1. The molecule has 0 aliphatic rings. The molecule has 1 amide bonds. The second-order valence-electron chi connectivity index (χ2n) is 4.07. The highest BCUT2D eigenvalue weighted by atomic mass is 16.1. The molecule has 0 saturated carbocycles. The van der Waals surface area contributed by atoms with Gasteiger partial charge in [0.1, 0.15) is 5.69 Å². The number of hydrogen-bond acceptors (Lipinski definition) is 4. The Morgan fingerprint density at radius 2 is 2.30 bits per heavy atom. The third-order valence-electron chi connectivity index (χ3n) is 2.68. The maximum Gasteiger partial charge on any atom is 0.270 e. The second kappa shape index (κ2) is 6.50. The fourth-order valence-corrected chi connectivity index (χ4v) is 1.59. The van der Waals surface area contributed by atoms with Crippen molar-refractivity contribution in [3.63, 3.8) is 0 Å². The SMILES string of the molecule is Cn1nccc1CNC(=O)c1ccc(C#CCN)cn1. The molecule has 20 heavy (non-hydrogen) atoms. The number of aromatic nitrogens is 3. The number of amides is 1. The average molecular weight is 269 g/mol. The molecular weight excluding hydrogens is 254 g/mol. The zero-order chi connectivity index (χ0) is 14.4. The van der Waals surface area contributed by atoms with Gasteiger partial charge in [-0.25, -0.2) is 4.98 Å². The van der Waals surface area contributed by atoms with Crippen molar-refractivity contribution in [3.05, 3.63) is 47.5 Å². The van der Waals surface area contributed by atoms with Gasteiger partial charge in [-0.15, -0.1) is 0 Å². The molecule has 0 bridgehead atoms. The van der Waals surface area contributed by atoms with E-state index in [1.807, 2.05) is 13.1 Å². The molecule has 102 valence electrons. The van der Waals surface area contributed by atoms with E-state index in [4.69, 9.17) is 5.73 Å². The largest absolute Gasteiger partial charge is 0.345 e. The topological polar surface area (TPSA) is 85.8 Å². The van der Waals surface area contributed by atoms with Crippen LogP contribution in [0.5, 0.6) is 0 Å². The van der Waals surface area contributed by atoms with Gasteiger partial charge in [0.15, 0.2) is 0 Å². The molecule has 0 aromatic carbocycles. The van der Waals surface area contributed by atoms with Crippen LogP contribution >= 0.6 is 0 Å². The minimum Gasteiger partial charge on any atom is -0.345 e. The normalized spacial score (nSPS) is 9.70. The van der Waals surface area contributed by atoms with Crippen LogP contribution in [0.3, 0.4) is 0 Å². The molecule has 3 N–H and O–H groups in total. The van der Waals surface area contributed by atoms with Crippen molar-refractivity contribution >= 4 is 5.91 Å². The Balaban J connectivity index is 1.97. The third-order valence-corrected chi connectivity index (χ3v) is 2.68. The van der Waals surface area contributed by atoms with Gasteiger partial charge in [0, 0.05) is 25.0 Å². The fraction of sp³-hybridized carbons (Fsp3) is 0.214. The van der Waals surface area contributed by atoms with Gasteiger partial charge in [0.25, 0.3) is 5.91 Å². The van der Waals surface area contributed by atoms with Gasteiger partial charge in [-0.3, -0.25) is 9.48 Å². The maximum atomic E-state index is 11.9. The predicted octanol–water partition coefficient (Wildman–Crippen LogP) is 0.0553. The third kappa shape index (κ3) is 3.43. The van der Waals surface area contributed by atoms with E-state index in [1.165, 1.54) is 0 Å². The van der Waals surface area contributed by atoms with E-state index < -0.39 is 0 Å². The first-order chi connectivity index (χ1) is 9.70. The molecule has 2 aromatic rings. The van der Waals surface area contributed by atoms with Crippen molar-refractivity contribution in [2.75, 3.05) is 6.54 Å². The second-order valence-corrected chi connectivity index (χ2v) is 4.07. The molecule has 6 nitrogen and oxygen atoms in total. The van der Waals surface area contributed by atoms with Crippen LogP contribution in [0.4, 0.5) is 0 Å². The number of pyridine rings is 1. The van der Waals surface area contributed by atoms with Crippen molar-refractivity contribution in [1.29, 1.82) is 0 Å². The smallest absolute Gasteiger partial charge is 0.270 e. The number of rotatable bonds is 3. The van der Waals surface area contributed by atoms with Crippen LogP contribution in [0.2, 0.25) is 0 Å². The highest BCUT2D eigenvalue weighted by Crippen LogP contribution is 2.00. The number of nitrogens with two attached hydrogens (primary N) is 1. The lowest BCUT2D eigenvalue weighted by Crippen LogP contribution is -2.24. The Morgan fingerprint density at radius 3 is 2.90 bits per heavy atom. The van der Waals surface area contributed by atoms with Crippen LogP contribution in [0.15, 0.2) is 30.6 Å². The van der Waals surface area contributed by atoms with Crippen LogP contribution in [0.25, 0.3) is 0 Å². The van der Waals surface area contributed by atoms with Crippen LogP contribution in [-0.2, 0) is 13.6 Å². The van der Waals surface area contributed by atoms with Gasteiger partial charge in [-0.1, -0.05) is 11.8 Å². The quantitative estimate of drug-likeness (QED) is 0.771. The summed E-state index contributed by atoms with van der Waals surface area (Å²) in [6, 6.07) is 5.23. The number of hydrogen-bond donors (Lipinski definition) is 2. The Hall–Kier alpha value is -2.65. The first-order valence-corrected chi connectivity index (χ1v) is 6.11. The van der Waals surface area contributed by atoms with Gasteiger partial charge in [0.05, 0.1) is 18.8 Å². The summed E-state index contributed by atoms with van der Waals surface area (Å²) in [7, 11) is 1.82. The molecule has 0 atom stereocenters. The summed E-state index contributed by atoms with van der Waals surface area (Å²) in [5.74, 6) is 5.35. The Bertz CT molecular complexity index is 648. The van der Waals surface area contributed by atoms with E-state index in [-0.39, 0.29) is 5.91 Å². The number of aryl methyl sites for hydroxylation is 1. The van der Waals surface area contributed by atoms with Gasteiger partial charge in [-0.05, 0) is 18.2 Å². The van der Waals surface area contributed by atoms with Crippen molar-refractivity contribution in [2.24, 2.45) is 12.8 Å². The van der Waals surface area contributed by atoms with E-state index in [0.29, 0.717) is 18.8 Å². The van der Waals surface area contributed by atoms with E-state index >= 15 is 0 Å². The molecular formula is C14H15N5O. The van der Waals surface area contributed by atoms with E-state index in [2.05, 4.69) is 27.2 Å². The minimum absolute atomic E-state index is 0.232. The predicted molar refractivity (Wildman–Crippen MR) is 74.5 cm³/mol. The summed E-state index contributed by atoms with van der Waals surface area (Å²) in [5.41, 5.74) is 7.29.